The second-order valence-electron chi connectivity index (χ2n) is 3.81. The number of hydrogen-bond donors (Lipinski definition) is 1. The van der Waals surface area contributed by atoms with Crippen LogP contribution in [-0.4, -0.2) is 26.5 Å². The molecule has 0 atom stereocenters. The van der Waals surface area contributed by atoms with Crippen molar-refractivity contribution in [3.05, 3.63) is 30.2 Å². The summed E-state index contributed by atoms with van der Waals surface area (Å²) in [5.74, 6) is 0.666. The topological polar surface area (TPSA) is 68.8 Å². The minimum atomic E-state index is 0.666. The largest absolute Gasteiger partial charge is 0.340 e. The van der Waals surface area contributed by atoms with Crippen LogP contribution in [0.1, 0.15) is 24.9 Å². The van der Waals surface area contributed by atoms with Crippen molar-refractivity contribution in [2.24, 2.45) is 0 Å². The van der Waals surface area contributed by atoms with Crippen LogP contribution in [0.15, 0.2) is 23.1 Å². The van der Waals surface area contributed by atoms with Crippen LogP contribution in [0.25, 0.3) is 0 Å². The first kappa shape index (κ1) is 11.8. The van der Waals surface area contributed by atoms with Crippen molar-refractivity contribution in [3.8, 4) is 0 Å². The number of nitrogens with zero attached hydrogens (tertiary/aromatic N) is 4. The van der Waals surface area contributed by atoms with E-state index in [0.29, 0.717) is 5.89 Å². The lowest BCUT2D eigenvalue weighted by atomic mass is 10.3. The molecule has 0 aliphatic heterocycles. The molecule has 0 aromatic carbocycles. The highest BCUT2D eigenvalue weighted by Gasteiger charge is 2.02. The van der Waals surface area contributed by atoms with Gasteiger partial charge in [-0.05, 0) is 12.5 Å². The molecule has 0 aliphatic rings. The molecular weight excluding hydrogens is 218 g/mol. The maximum atomic E-state index is 4.91. The summed E-state index contributed by atoms with van der Waals surface area (Å²) in [7, 11) is 0. The molecule has 17 heavy (non-hydrogen) atoms. The Morgan fingerprint density at radius 3 is 3.18 bits per heavy atom. The van der Waals surface area contributed by atoms with Gasteiger partial charge >= 0.3 is 0 Å². The van der Waals surface area contributed by atoms with Crippen molar-refractivity contribution in [3.63, 3.8) is 0 Å². The molecule has 0 unspecified atom stereocenters. The van der Waals surface area contributed by atoms with Crippen molar-refractivity contribution in [2.45, 2.75) is 32.9 Å². The standard InChI is InChI=1S/C11H17N5O/c1-2-7-16-10(3-6-14-16)8-12-5-4-11-13-9-15-17-11/h3,6,9,12H,2,4-5,7-8H2,1H3. The van der Waals surface area contributed by atoms with Gasteiger partial charge in [-0.1, -0.05) is 12.1 Å². The zero-order chi connectivity index (χ0) is 11.9. The molecule has 6 nitrogen and oxygen atoms in total. The first-order valence-electron chi connectivity index (χ1n) is 5.87. The Morgan fingerprint density at radius 2 is 2.41 bits per heavy atom. The minimum Gasteiger partial charge on any atom is -0.340 e. The minimum absolute atomic E-state index is 0.666. The highest BCUT2D eigenvalue weighted by atomic mass is 16.5. The van der Waals surface area contributed by atoms with E-state index in [9.17, 15) is 0 Å². The molecule has 2 heterocycles. The third kappa shape index (κ3) is 3.39. The van der Waals surface area contributed by atoms with Crippen LogP contribution in [0.3, 0.4) is 0 Å². The van der Waals surface area contributed by atoms with Gasteiger partial charge in [0.05, 0.1) is 5.69 Å². The fraction of sp³-hybridized carbons (Fsp3) is 0.545. The monoisotopic (exact) mass is 235 g/mol. The van der Waals surface area contributed by atoms with Crippen LogP contribution in [-0.2, 0) is 19.5 Å². The summed E-state index contributed by atoms with van der Waals surface area (Å²) in [6.45, 7) is 4.75. The van der Waals surface area contributed by atoms with E-state index in [2.05, 4.69) is 27.5 Å². The Morgan fingerprint density at radius 1 is 1.47 bits per heavy atom. The van der Waals surface area contributed by atoms with Crippen LogP contribution in [0.2, 0.25) is 0 Å². The lowest BCUT2D eigenvalue weighted by Crippen LogP contribution is -2.19. The number of aromatic nitrogens is 4. The molecule has 0 fully saturated rings. The van der Waals surface area contributed by atoms with Crippen molar-refractivity contribution < 1.29 is 4.52 Å². The average molecular weight is 235 g/mol. The van der Waals surface area contributed by atoms with Crippen LogP contribution in [0.4, 0.5) is 0 Å². The van der Waals surface area contributed by atoms with E-state index in [1.807, 2.05) is 16.9 Å². The molecule has 0 bridgehead atoms. The first-order chi connectivity index (χ1) is 8.40. The predicted molar refractivity (Wildman–Crippen MR) is 62.2 cm³/mol. The number of aryl methyl sites for hydroxylation is 1. The van der Waals surface area contributed by atoms with E-state index in [-0.39, 0.29) is 0 Å². The molecule has 0 saturated carbocycles. The summed E-state index contributed by atoms with van der Waals surface area (Å²) >= 11 is 0. The maximum Gasteiger partial charge on any atom is 0.227 e. The molecule has 6 heteroatoms. The lowest BCUT2D eigenvalue weighted by molar-refractivity contribution is 0.374. The molecule has 0 spiro atoms. The second-order valence-corrected chi connectivity index (χ2v) is 3.81. The second kappa shape index (κ2) is 6.15. The molecule has 0 radical (unpaired) electrons. The van der Waals surface area contributed by atoms with Crippen molar-refractivity contribution in [1.29, 1.82) is 0 Å². The normalized spacial score (nSPS) is 10.9. The Hall–Kier alpha value is -1.69. The Bertz CT molecular complexity index is 423. The van der Waals surface area contributed by atoms with Gasteiger partial charge in [0.15, 0.2) is 6.33 Å². The highest BCUT2D eigenvalue weighted by molar-refractivity contribution is 5.00. The summed E-state index contributed by atoms with van der Waals surface area (Å²) < 4.78 is 6.94. The van der Waals surface area contributed by atoms with E-state index >= 15 is 0 Å². The van der Waals surface area contributed by atoms with E-state index in [1.54, 1.807) is 0 Å². The summed E-state index contributed by atoms with van der Waals surface area (Å²) in [5, 5.41) is 11.2. The third-order valence-corrected chi connectivity index (χ3v) is 2.47. The van der Waals surface area contributed by atoms with E-state index in [0.717, 1.165) is 32.5 Å². The third-order valence-electron chi connectivity index (χ3n) is 2.47. The van der Waals surface area contributed by atoms with Gasteiger partial charge in [-0.15, -0.1) is 0 Å². The summed E-state index contributed by atoms with van der Waals surface area (Å²) in [6.07, 6.45) is 5.11. The maximum absolute atomic E-state index is 4.91. The number of nitrogens with one attached hydrogen (secondary N) is 1. The van der Waals surface area contributed by atoms with Crippen LogP contribution in [0.5, 0.6) is 0 Å². The highest BCUT2D eigenvalue weighted by Crippen LogP contribution is 2.00. The van der Waals surface area contributed by atoms with Crippen LogP contribution in [0, 0.1) is 0 Å². The SMILES string of the molecule is CCCn1nccc1CNCCc1ncno1. The molecule has 0 amide bonds. The smallest absolute Gasteiger partial charge is 0.227 e. The Labute approximate surface area is 100 Å². The van der Waals surface area contributed by atoms with Gasteiger partial charge < -0.3 is 9.84 Å². The van der Waals surface area contributed by atoms with Gasteiger partial charge in [0.1, 0.15) is 0 Å². The zero-order valence-electron chi connectivity index (χ0n) is 9.96. The molecule has 1 N–H and O–H groups in total. The van der Waals surface area contributed by atoms with Gasteiger partial charge in [-0.25, -0.2) is 0 Å². The summed E-state index contributed by atoms with van der Waals surface area (Å²) in [4.78, 5) is 3.96. The Kier molecular flexibility index (Phi) is 4.26. The molecule has 0 saturated heterocycles. The summed E-state index contributed by atoms with van der Waals surface area (Å²) in [5.41, 5.74) is 1.21. The molecule has 92 valence electrons. The molecular formula is C11H17N5O. The number of hydrogen-bond acceptors (Lipinski definition) is 5. The van der Waals surface area contributed by atoms with Gasteiger partial charge in [0.25, 0.3) is 0 Å². The fourth-order valence-corrected chi connectivity index (χ4v) is 1.64. The first-order valence-corrected chi connectivity index (χ1v) is 5.87. The molecule has 2 aromatic rings. The van der Waals surface area contributed by atoms with Gasteiger partial charge in [-0.3, -0.25) is 4.68 Å². The zero-order valence-corrected chi connectivity index (χ0v) is 9.96. The lowest BCUT2D eigenvalue weighted by Gasteiger charge is -2.06. The predicted octanol–water partition coefficient (Wildman–Crippen LogP) is 1.01. The molecule has 2 aromatic heterocycles. The van der Waals surface area contributed by atoms with Gasteiger partial charge in [-0.2, -0.15) is 10.1 Å². The fourth-order valence-electron chi connectivity index (χ4n) is 1.64. The van der Waals surface area contributed by atoms with E-state index in [4.69, 9.17) is 4.52 Å². The molecule has 2 rings (SSSR count). The van der Waals surface area contributed by atoms with Crippen molar-refractivity contribution in [1.82, 2.24) is 25.2 Å². The van der Waals surface area contributed by atoms with E-state index in [1.165, 1.54) is 12.0 Å². The van der Waals surface area contributed by atoms with Crippen LogP contribution < -0.4 is 5.32 Å². The summed E-state index contributed by atoms with van der Waals surface area (Å²) in [6, 6.07) is 2.04. The van der Waals surface area contributed by atoms with Gasteiger partial charge in [0.2, 0.25) is 5.89 Å². The quantitative estimate of drug-likeness (QED) is 0.725. The van der Waals surface area contributed by atoms with Crippen LogP contribution >= 0.6 is 0 Å². The number of rotatable bonds is 7. The van der Waals surface area contributed by atoms with Gasteiger partial charge in [0, 0.05) is 32.3 Å². The Balaban J connectivity index is 1.72. The molecule has 0 aliphatic carbocycles. The average Bonchev–Trinajstić information content (AvgIpc) is 2.96. The van der Waals surface area contributed by atoms with Crippen molar-refractivity contribution >= 4 is 0 Å². The van der Waals surface area contributed by atoms with E-state index < -0.39 is 0 Å². The van der Waals surface area contributed by atoms with Crippen molar-refractivity contribution in [2.75, 3.05) is 6.54 Å².